The zero-order chi connectivity index (χ0) is 24.2. The van der Waals surface area contributed by atoms with Crippen LogP contribution in [0.3, 0.4) is 0 Å². The second-order valence-electron chi connectivity index (χ2n) is 7.25. The van der Waals surface area contributed by atoms with Gasteiger partial charge in [-0.3, -0.25) is 9.59 Å². The number of nitrogens with one attached hydrogen (secondary N) is 2. The van der Waals surface area contributed by atoms with Gasteiger partial charge in [0.2, 0.25) is 0 Å². The molecule has 9 heteroatoms. The van der Waals surface area contributed by atoms with Crippen LogP contribution < -0.4 is 15.4 Å². The maximum absolute atomic E-state index is 13.8. The van der Waals surface area contributed by atoms with Gasteiger partial charge in [0.15, 0.2) is 6.10 Å². The van der Waals surface area contributed by atoms with Crippen molar-refractivity contribution in [2.45, 2.75) is 26.1 Å². The van der Waals surface area contributed by atoms with E-state index >= 15 is 0 Å². The van der Waals surface area contributed by atoms with Crippen molar-refractivity contribution in [1.82, 2.24) is 0 Å². The molecule has 2 amide bonds. The highest BCUT2D eigenvalue weighted by atomic mass is 19.4. The summed E-state index contributed by atoms with van der Waals surface area (Å²) in [7, 11) is 0. The summed E-state index contributed by atoms with van der Waals surface area (Å²) in [6.45, 7) is 3.28. The minimum atomic E-state index is -4.83. The fraction of sp³-hybridized carbons (Fsp3) is 0.167. The second-order valence-corrected chi connectivity index (χ2v) is 7.25. The predicted molar refractivity (Wildman–Crippen MR) is 116 cm³/mol. The molecule has 0 saturated carbocycles. The first kappa shape index (κ1) is 23.8. The molecule has 3 rings (SSSR count). The van der Waals surface area contributed by atoms with Gasteiger partial charge in [-0.2, -0.15) is 13.2 Å². The maximum Gasteiger partial charge on any atom is 0.418 e. The molecule has 33 heavy (non-hydrogen) atoms. The van der Waals surface area contributed by atoms with Crippen LogP contribution in [0.2, 0.25) is 0 Å². The van der Waals surface area contributed by atoms with E-state index in [-0.39, 0.29) is 11.3 Å². The molecule has 0 aliphatic carbocycles. The lowest BCUT2D eigenvalue weighted by molar-refractivity contribution is -0.137. The summed E-state index contributed by atoms with van der Waals surface area (Å²) in [5.74, 6) is -2.11. The number of aryl methyl sites for hydroxylation is 1. The predicted octanol–water partition coefficient (Wildman–Crippen LogP) is 5.81. The van der Waals surface area contributed by atoms with Gasteiger partial charge in [-0.05, 0) is 56.3 Å². The Morgan fingerprint density at radius 1 is 0.939 bits per heavy atom. The molecule has 1 unspecified atom stereocenters. The van der Waals surface area contributed by atoms with E-state index in [0.29, 0.717) is 11.8 Å². The van der Waals surface area contributed by atoms with Gasteiger partial charge in [-0.15, -0.1) is 0 Å². The van der Waals surface area contributed by atoms with Crippen molar-refractivity contribution >= 4 is 23.2 Å². The van der Waals surface area contributed by atoms with Crippen LogP contribution in [0.1, 0.15) is 28.4 Å². The lowest BCUT2D eigenvalue weighted by Crippen LogP contribution is -2.31. The van der Waals surface area contributed by atoms with Crippen LogP contribution in [0.15, 0.2) is 66.7 Å². The highest BCUT2D eigenvalue weighted by Gasteiger charge is 2.35. The first-order chi connectivity index (χ1) is 15.5. The van der Waals surface area contributed by atoms with Gasteiger partial charge in [-0.1, -0.05) is 29.8 Å². The molecule has 0 heterocycles. The van der Waals surface area contributed by atoms with Gasteiger partial charge in [-0.25, -0.2) is 4.39 Å². The molecule has 3 aromatic carbocycles. The van der Waals surface area contributed by atoms with E-state index in [4.69, 9.17) is 4.74 Å². The van der Waals surface area contributed by atoms with Crippen molar-refractivity contribution in [1.29, 1.82) is 0 Å². The number of halogens is 4. The quantitative estimate of drug-likeness (QED) is 0.456. The zero-order valence-corrected chi connectivity index (χ0v) is 17.7. The van der Waals surface area contributed by atoms with E-state index in [1.807, 2.05) is 6.92 Å². The molecule has 0 bridgehead atoms. The Balaban J connectivity index is 1.77. The molecule has 0 saturated heterocycles. The van der Waals surface area contributed by atoms with Crippen LogP contribution in [-0.2, 0) is 11.0 Å². The van der Waals surface area contributed by atoms with Crippen LogP contribution in [0, 0.1) is 12.7 Å². The summed E-state index contributed by atoms with van der Waals surface area (Å²) in [5, 5.41) is 4.45. The third-order valence-corrected chi connectivity index (χ3v) is 4.66. The summed E-state index contributed by atoms with van der Waals surface area (Å²) < 4.78 is 60.2. The van der Waals surface area contributed by atoms with Crippen LogP contribution >= 0.6 is 0 Å². The van der Waals surface area contributed by atoms with Crippen LogP contribution in [0.5, 0.6) is 5.75 Å². The highest BCUT2D eigenvalue weighted by molar-refractivity contribution is 6.04. The fourth-order valence-electron chi connectivity index (χ4n) is 2.92. The largest absolute Gasteiger partial charge is 0.481 e. The molecule has 0 radical (unpaired) electrons. The molecule has 0 fully saturated rings. The normalized spacial score (nSPS) is 12.1. The highest BCUT2D eigenvalue weighted by Crippen LogP contribution is 2.37. The number of alkyl halides is 3. The zero-order valence-electron chi connectivity index (χ0n) is 17.7. The monoisotopic (exact) mass is 460 g/mol. The molecule has 0 aromatic heterocycles. The molecule has 1 atom stereocenters. The van der Waals surface area contributed by atoms with E-state index in [9.17, 15) is 27.2 Å². The van der Waals surface area contributed by atoms with Crippen molar-refractivity contribution in [3.05, 3.63) is 89.2 Å². The average molecular weight is 460 g/mol. The van der Waals surface area contributed by atoms with Crippen molar-refractivity contribution in [2.75, 3.05) is 10.6 Å². The molecule has 5 nitrogen and oxygen atoms in total. The van der Waals surface area contributed by atoms with E-state index in [0.717, 1.165) is 17.7 Å². The number of rotatable bonds is 6. The van der Waals surface area contributed by atoms with E-state index in [2.05, 4.69) is 10.6 Å². The van der Waals surface area contributed by atoms with Gasteiger partial charge in [0, 0.05) is 5.69 Å². The Kier molecular flexibility index (Phi) is 7.01. The first-order valence-electron chi connectivity index (χ1n) is 9.86. The molecule has 0 aliphatic rings. The Hall–Kier alpha value is -3.88. The standard InChI is InChI=1S/C24H20F4N2O3/c1-14-7-10-17(11-8-14)33-15(2)22(31)30-21-12-9-16(13-19(21)24(26,27)28)29-23(32)18-5-3-4-6-20(18)25/h3-13,15H,1-2H3,(H,29,32)(H,30,31). The average Bonchev–Trinajstić information content (AvgIpc) is 2.75. The van der Waals surface area contributed by atoms with Gasteiger partial charge >= 0.3 is 6.18 Å². The molecular weight excluding hydrogens is 440 g/mol. The number of hydrogen-bond acceptors (Lipinski definition) is 3. The summed E-state index contributed by atoms with van der Waals surface area (Å²) >= 11 is 0. The molecule has 172 valence electrons. The summed E-state index contributed by atoms with van der Waals surface area (Å²) in [5.41, 5.74) is -1.22. The second kappa shape index (κ2) is 9.72. The van der Waals surface area contributed by atoms with Crippen molar-refractivity contribution in [3.8, 4) is 5.75 Å². The molecular formula is C24H20F4N2O3. The van der Waals surface area contributed by atoms with Gasteiger partial charge in [0.25, 0.3) is 11.8 Å². The SMILES string of the molecule is Cc1ccc(OC(C)C(=O)Nc2ccc(NC(=O)c3ccccc3F)cc2C(F)(F)F)cc1. The third kappa shape index (κ3) is 6.09. The number of ether oxygens (including phenoxy) is 1. The van der Waals surface area contributed by atoms with Crippen molar-refractivity contribution in [2.24, 2.45) is 0 Å². The summed E-state index contributed by atoms with van der Waals surface area (Å²) in [6.07, 6.45) is -5.91. The topological polar surface area (TPSA) is 67.4 Å². The van der Waals surface area contributed by atoms with Crippen LogP contribution in [-0.4, -0.2) is 17.9 Å². The first-order valence-corrected chi connectivity index (χ1v) is 9.86. The Bertz CT molecular complexity index is 1160. The molecule has 2 N–H and O–H groups in total. The van der Waals surface area contributed by atoms with Gasteiger partial charge in [0.1, 0.15) is 11.6 Å². The molecule has 3 aromatic rings. The summed E-state index contributed by atoms with van der Waals surface area (Å²) in [6, 6.07) is 14.8. The number of benzene rings is 3. The Morgan fingerprint density at radius 3 is 2.24 bits per heavy atom. The van der Waals surface area contributed by atoms with Crippen molar-refractivity contribution < 1.29 is 31.9 Å². The van der Waals surface area contributed by atoms with Crippen LogP contribution in [0.4, 0.5) is 28.9 Å². The lowest BCUT2D eigenvalue weighted by atomic mass is 10.1. The minimum absolute atomic E-state index is 0.211. The van der Waals surface area contributed by atoms with Crippen LogP contribution in [0.25, 0.3) is 0 Å². The van der Waals surface area contributed by atoms with E-state index < -0.39 is 41.2 Å². The smallest absolute Gasteiger partial charge is 0.418 e. The number of amides is 2. The number of carbonyl (C=O) groups excluding carboxylic acids is 2. The Labute approximate surface area is 187 Å². The molecule has 0 aliphatic heterocycles. The summed E-state index contributed by atoms with van der Waals surface area (Å²) in [4.78, 5) is 24.7. The van der Waals surface area contributed by atoms with E-state index in [1.54, 1.807) is 24.3 Å². The fourth-order valence-corrected chi connectivity index (χ4v) is 2.92. The van der Waals surface area contributed by atoms with Gasteiger partial charge in [0.05, 0.1) is 16.8 Å². The number of anilines is 2. The lowest BCUT2D eigenvalue weighted by Gasteiger charge is -2.18. The van der Waals surface area contributed by atoms with Crippen molar-refractivity contribution in [3.63, 3.8) is 0 Å². The number of carbonyl (C=O) groups is 2. The third-order valence-electron chi connectivity index (χ3n) is 4.66. The van der Waals surface area contributed by atoms with Gasteiger partial charge < -0.3 is 15.4 Å². The molecule has 0 spiro atoms. The van der Waals surface area contributed by atoms with E-state index in [1.165, 1.54) is 31.2 Å². The maximum atomic E-state index is 13.8. The number of hydrogen-bond donors (Lipinski definition) is 2. The minimum Gasteiger partial charge on any atom is -0.481 e. The Morgan fingerprint density at radius 2 is 1.61 bits per heavy atom.